The Morgan fingerprint density at radius 3 is 2.61 bits per heavy atom. The van der Waals surface area contributed by atoms with E-state index in [1.807, 2.05) is 29.1 Å². The van der Waals surface area contributed by atoms with E-state index in [0.717, 1.165) is 29.5 Å². The maximum absolute atomic E-state index is 13.3. The van der Waals surface area contributed by atoms with Gasteiger partial charge in [0, 0.05) is 37.4 Å². The van der Waals surface area contributed by atoms with Crippen LogP contribution in [-0.2, 0) is 0 Å². The van der Waals surface area contributed by atoms with Gasteiger partial charge in [-0.3, -0.25) is 4.68 Å². The summed E-state index contributed by atoms with van der Waals surface area (Å²) in [6.45, 7) is 1.27. The Bertz CT molecular complexity index is 836. The van der Waals surface area contributed by atoms with Gasteiger partial charge in [-0.25, -0.2) is 13.6 Å². The van der Waals surface area contributed by atoms with Crippen LogP contribution in [0.4, 0.5) is 13.6 Å². The molecule has 1 N–H and O–H groups in total. The number of amides is 2. The van der Waals surface area contributed by atoms with Gasteiger partial charge in [-0.05, 0) is 43.9 Å². The number of benzene rings is 1. The standard InChI is InChI=1S/C20H26F2N4O2/c1-28-17-2-3-18-14(12-17)13-23-26(18)16-6-10-25(11-7-16)19(27)24-15-4-8-20(21,22)9-5-15/h2-3,12-13,15-16H,4-11H2,1H3,(H,24,27). The topological polar surface area (TPSA) is 59.4 Å². The first-order chi connectivity index (χ1) is 13.4. The highest BCUT2D eigenvalue weighted by Gasteiger charge is 2.36. The quantitative estimate of drug-likeness (QED) is 0.860. The molecule has 1 saturated heterocycles. The molecule has 152 valence electrons. The lowest BCUT2D eigenvalue weighted by Crippen LogP contribution is -2.49. The van der Waals surface area contributed by atoms with Gasteiger partial charge in [-0.15, -0.1) is 0 Å². The van der Waals surface area contributed by atoms with Crippen molar-refractivity contribution in [1.29, 1.82) is 0 Å². The Hall–Kier alpha value is -2.38. The zero-order valence-electron chi connectivity index (χ0n) is 16.0. The van der Waals surface area contributed by atoms with Crippen LogP contribution in [0.3, 0.4) is 0 Å². The summed E-state index contributed by atoms with van der Waals surface area (Å²) in [4.78, 5) is 14.3. The Balaban J connectivity index is 1.33. The first-order valence-electron chi connectivity index (χ1n) is 9.90. The lowest BCUT2D eigenvalue weighted by atomic mass is 9.92. The van der Waals surface area contributed by atoms with Gasteiger partial charge in [0.15, 0.2) is 0 Å². The molecule has 1 aromatic carbocycles. The summed E-state index contributed by atoms with van der Waals surface area (Å²) in [6, 6.07) is 5.87. The Morgan fingerprint density at radius 1 is 1.21 bits per heavy atom. The molecule has 1 aliphatic carbocycles. The van der Waals surface area contributed by atoms with Crippen LogP contribution in [0.25, 0.3) is 10.9 Å². The van der Waals surface area contributed by atoms with Crippen LogP contribution in [0.15, 0.2) is 24.4 Å². The van der Waals surface area contributed by atoms with Gasteiger partial charge in [0.05, 0.1) is 24.9 Å². The van der Waals surface area contributed by atoms with Crippen molar-refractivity contribution < 1.29 is 18.3 Å². The van der Waals surface area contributed by atoms with Crippen molar-refractivity contribution in [2.75, 3.05) is 20.2 Å². The second-order valence-corrected chi connectivity index (χ2v) is 7.81. The summed E-state index contributed by atoms with van der Waals surface area (Å²) in [5, 5.41) is 8.51. The zero-order valence-corrected chi connectivity index (χ0v) is 16.0. The van der Waals surface area contributed by atoms with Crippen LogP contribution in [0, 0.1) is 0 Å². The predicted molar refractivity (Wildman–Crippen MR) is 102 cm³/mol. The van der Waals surface area contributed by atoms with Crippen molar-refractivity contribution in [1.82, 2.24) is 20.0 Å². The number of likely N-dealkylation sites (tertiary alicyclic amines) is 1. The van der Waals surface area contributed by atoms with Crippen LogP contribution in [0.1, 0.15) is 44.6 Å². The zero-order chi connectivity index (χ0) is 19.7. The van der Waals surface area contributed by atoms with Crippen molar-refractivity contribution in [2.24, 2.45) is 0 Å². The fraction of sp³-hybridized carbons (Fsp3) is 0.600. The highest BCUT2D eigenvalue weighted by atomic mass is 19.3. The second kappa shape index (κ2) is 7.56. The SMILES string of the molecule is COc1ccc2c(cnn2C2CCN(C(=O)NC3CCC(F)(F)CC3)CC2)c1. The van der Waals surface area contributed by atoms with E-state index in [2.05, 4.69) is 10.4 Å². The predicted octanol–water partition coefficient (Wildman–Crippen LogP) is 3.97. The molecule has 0 radical (unpaired) electrons. The molecule has 1 saturated carbocycles. The number of halogens is 2. The third-order valence-corrected chi connectivity index (χ3v) is 5.95. The molecular formula is C20H26F2N4O2. The van der Waals surface area contributed by atoms with Gasteiger partial charge >= 0.3 is 6.03 Å². The van der Waals surface area contributed by atoms with Crippen molar-refractivity contribution in [3.05, 3.63) is 24.4 Å². The maximum Gasteiger partial charge on any atom is 0.317 e. The number of alkyl halides is 2. The van der Waals surface area contributed by atoms with Crippen LogP contribution in [0.2, 0.25) is 0 Å². The van der Waals surface area contributed by atoms with Crippen molar-refractivity contribution in [2.45, 2.75) is 56.5 Å². The van der Waals surface area contributed by atoms with Crippen LogP contribution in [-0.4, -0.2) is 52.9 Å². The van der Waals surface area contributed by atoms with E-state index in [-0.39, 0.29) is 31.0 Å². The highest BCUT2D eigenvalue weighted by Crippen LogP contribution is 2.33. The lowest BCUT2D eigenvalue weighted by Gasteiger charge is -2.35. The molecule has 2 amide bonds. The number of carbonyl (C=O) groups excluding carboxylic acids is 1. The molecule has 2 aromatic rings. The molecule has 2 heterocycles. The van der Waals surface area contributed by atoms with Gasteiger partial charge in [-0.1, -0.05) is 0 Å². The van der Waals surface area contributed by atoms with E-state index < -0.39 is 5.92 Å². The van der Waals surface area contributed by atoms with Gasteiger partial charge in [0.25, 0.3) is 0 Å². The fourth-order valence-corrected chi connectivity index (χ4v) is 4.21. The average molecular weight is 392 g/mol. The molecule has 1 aliphatic heterocycles. The Kier molecular flexibility index (Phi) is 5.12. The minimum Gasteiger partial charge on any atom is -0.497 e. The number of ether oxygens (including phenoxy) is 1. The molecule has 0 unspecified atom stereocenters. The number of urea groups is 1. The average Bonchev–Trinajstić information content (AvgIpc) is 3.12. The number of rotatable bonds is 3. The number of piperidine rings is 1. The number of fused-ring (bicyclic) bond motifs is 1. The number of hydrogen-bond donors (Lipinski definition) is 1. The number of carbonyl (C=O) groups is 1. The van der Waals surface area contributed by atoms with Gasteiger partial charge in [0.1, 0.15) is 5.75 Å². The Morgan fingerprint density at radius 2 is 1.93 bits per heavy atom. The minimum atomic E-state index is -2.57. The second-order valence-electron chi connectivity index (χ2n) is 7.81. The van der Waals surface area contributed by atoms with Gasteiger partial charge in [-0.2, -0.15) is 5.10 Å². The lowest BCUT2D eigenvalue weighted by molar-refractivity contribution is -0.0398. The van der Waals surface area contributed by atoms with E-state index in [1.54, 1.807) is 12.0 Å². The number of methoxy groups -OCH3 is 1. The smallest absolute Gasteiger partial charge is 0.317 e. The van der Waals surface area contributed by atoms with E-state index in [1.165, 1.54) is 0 Å². The largest absolute Gasteiger partial charge is 0.497 e. The van der Waals surface area contributed by atoms with Gasteiger partial charge < -0.3 is 15.0 Å². The van der Waals surface area contributed by atoms with Crippen LogP contribution in [0.5, 0.6) is 5.75 Å². The molecule has 2 fully saturated rings. The number of nitrogens with one attached hydrogen (secondary N) is 1. The van der Waals surface area contributed by atoms with Crippen LogP contribution < -0.4 is 10.1 Å². The summed E-state index contributed by atoms with van der Waals surface area (Å²) >= 11 is 0. The number of nitrogens with zero attached hydrogens (tertiary/aromatic N) is 3. The molecule has 1 aromatic heterocycles. The summed E-state index contributed by atoms with van der Waals surface area (Å²) in [5.41, 5.74) is 1.06. The fourth-order valence-electron chi connectivity index (χ4n) is 4.21. The van der Waals surface area contributed by atoms with Crippen molar-refractivity contribution >= 4 is 16.9 Å². The normalized spacial score (nSPS) is 21.0. The van der Waals surface area contributed by atoms with E-state index in [0.29, 0.717) is 25.9 Å². The third kappa shape index (κ3) is 3.91. The molecule has 0 spiro atoms. The Labute approximate surface area is 162 Å². The molecule has 28 heavy (non-hydrogen) atoms. The molecular weight excluding hydrogens is 366 g/mol. The van der Waals surface area contributed by atoms with E-state index in [9.17, 15) is 13.6 Å². The number of hydrogen-bond acceptors (Lipinski definition) is 3. The summed E-state index contributed by atoms with van der Waals surface area (Å²) in [7, 11) is 1.64. The molecule has 0 bridgehead atoms. The molecule has 4 rings (SSSR count). The van der Waals surface area contributed by atoms with E-state index >= 15 is 0 Å². The molecule has 0 atom stereocenters. The van der Waals surface area contributed by atoms with Gasteiger partial charge in [0.2, 0.25) is 5.92 Å². The first kappa shape index (κ1) is 19.0. The van der Waals surface area contributed by atoms with Crippen LogP contribution >= 0.6 is 0 Å². The highest BCUT2D eigenvalue weighted by molar-refractivity contribution is 5.80. The molecule has 6 nitrogen and oxygen atoms in total. The van der Waals surface area contributed by atoms with E-state index in [4.69, 9.17) is 4.74 Å². The maximum atomic E-state index is 13.3. The summed E-state index contributed by atoms with van der Waals surface area (Å²) < 4.78 is 33.8. The third-order valence-electron chi connectivity index (χ3n) is 5.95. The van der Waals surface area contributed by atoms with Crippen molar-refractivity contribution in [3.8, 4) is 5.75 Å². The molecule has 8 heteroatoms. The summed E-state index contributed by atoms with van der Waals surface area (Å²) in [5.74, 6) is -1.77. The molecule has 2 aliphatic rings. The monoisotopic (exact) mass is 392 g/mol. The minimum absolute atomic E-state index is 0.135. The van der Waals surface area contributed by atoms with Crippen molar-refractivity contribution in [3.63, 3.8) is 0 Å². The number of aromatic nitrogens is 2. The first-order valence-corrected chi connectivity index (χ1v) is 9.90. The summed E-state index contributed by atoms with van der Waals surface area (Å²) in [6.07, 6.45) is 3.89.